The maximum Gasteiger partial charge on any atom is 0.261 e. The summed E-state index contributed by atoms with van der Waals surface area (Å²) < 4.78 is 5.88. The average molecular weight is 473 g/mol. The van der Waals surface area contributed by atoms with Crippen molar-refractivity contribution in [1.29, 1.82) is 0 Å². The van der Waals surface area contributed by atoms with Crippen molar-refractivity contribution in [3.05, 3.63) is 76.3 Å². The summed E-state index contributed by atoms with van der Waals surface area (Å²) in [5, 5.41) is 5.63. The highest BCUT2D eigenvalue weighted by Crippen LogP contribution is 2.26. The van der Waals surface area contributed by atoms with Gasteiger partial charge in [0.25, 0.3) is 5.91 Å². The number of benzene rings is 3. The standard InChI is InChI=1S/C25H26Cl2N2O3/c1-16(2)28-25(31)17(3)29(14-18-11-12-21(26)22(27)13-18)24(30)15-32-23-10-6-8-19-7-4-5-9-20(19)23/h4-13,16-17H,14-15H2,1-3H3,(H,28,31)/t17-/m1/s1. The van der Waals surface area contributed by atoms with Gasteiger partial charge in [0.1, 0.15) is 11.8 Å². The zero-order valence-corrected chi connectivity index (χ0v) is 19.8. The monoisotopic (exact) mass is 472 g/mol. The third-order valence-electron chi connectivity index (χ3n) is 5.04. The van der Waals surface area contributed by atoms with Crippen LogP contribution < -0.4 is 10.1 Å². The topological polar surface area (TPSA) is 58.6 Å². The molecule has 1 atom stereocenters. The second kappa shape index (κ2) is 10.7. The molecule has 0 spiro atoms. The zero-order chi connectivity index (χ0) is 23.3. The van der Waals surface area contributed by atoms with Gasteiger partial charge in [0.15, 0.2) is 6.61 Å². The fraction of sp³-hybridized carbons (Fsp3) is 0.280. The molecule has 0 radical (unpaired) electrons. The van der Waals surface area contributed by atoms with Crippen LogP contribution in [-0.2, 0) is 16.1 Å². The second-order valence-electron chi connectivity index (χ2n) is 7.88. The molecule has 1 N–H and O–H groups in total. The Bertz CT molecular complexity index is 1110. The van der Waals surface area contributed by atoms with Crippen molar-refractivity contribution in [1.82, 2.24) is 10.2 Å². The lowest BCUT2D eigenvalue weighted by Crippen LogP contribution is -2.50. The van der Waals surface area contributed by atoms with Crippen LogP contribution in [0.15, 0.2) is 60.7 Å². The molecule has 0 heterocycles. The molecule has 3 aromatic rings. The van der Waals surface area contributed by atoms with Crippen molar-refractivity contribution < 1.29 is 14.3 Å². The first-order valence-electron chi connectivity index (χ1n) is 10.4. The summed E-state index contributed by atoms with van der Waals surface area (Å²) in [4.78, 5) is 27.4. The molecule has 0 aromatic heterocycles. The van der Waals surface area contributed by atoms with Crippen molar-refractivity contribution in [3.63, 3.8) is 0 Å². The highest BCUT2D eigenvalue weighted by molar-refractivity contribution is 6.42. The van der Waals surface area contributed by atoms with Gasteiger partial charge in [-0.1, -0.05) is 65.7 Å². The number of ether oxygens (including phenoxy) is 1. The fourth-order valence-electron chi connectivity index (χ4n) is 3.37. The van der Waals surface area contributed by atoms with Gasteiger partial charge in [-0.2, -0.15) is 0 Å². The summed E-state index contributed by atoms with van der Waals surface area (Å²) in [6, 6.07) is 17.9. The quantitative estimate of drug-likeness (QED) is 0.472. The number of rotatable bonds is 8. The van der Waals surface area contributed by atoms with E-state index in [0.717, 1.165) is 16.3 Å². The molecule has 0 unspecified atom stereocenters. The third kappa shape index (κ3) is 5.93. The molecular formula is C25H26Cl2N2O3. The maximum absolute atomic E-state index is 13.2. The molecule has 0 saturated carbocycles. The number of carbonyl (C=O) groups is 2. The number of amides is 2. The first-order valence-corrected chi connectivity index (χ1v) is 11.2. The van der Waals surface area contributed by atoms with Gasteiger partial charge in [0.05, 0.1) is 10.0 Å². The van der Waals surface area contributed by atoms with Crippen LogP contribution in [0.1, 0.15) is 26.3 Å². The minimum Gasteiger partial charge on any atom is -0.483 e. The van der Waals surface area contributed by atoms with E-state index in [1.54, 1.807) is 25.1 Å². The lowest BCUT2D eigenvalue weighted by atomic mass is 10.1. The molecule has 7 heteroatoms. The number of carbonyl (C=O) groups excluding carboxylic acids is 2. The Balaban J connectivity index is 1.81. The van der Waals surface area contributed by atoms with E-state index in [2.05, 4.69) is 5.32 Å². The normalized spacial score (nSPS) is 11.9. The molecule has 2 amide bonds. The highest BCUT2D eigenvalue weighted by atomic mass is 35.5. The van der Waals surface area contributed by atoms with E-state index in [-0.39, 0.29) is 31.0 Å². The predicted octanol–water partition coefficient (Wildman–Crippen LogP) is 5.47. The number of hydrogen-bond acceptors (Lipinski definition) is 3. The predicted molar refractivity (Wildman–Crippen MR) is 129 cm³/mol. The van der Waals surface area contributed by atoms with E-state index in [9.17, 15) is 9.59 Å². The minimum atomic E-state index is -0.699. The fourth-order valence-corrected chi connectivity index (χ4v) is 3.69. The van der Waals surface area contributed by atoms with Crippen LogP contribution in [0.5, 0.6) is 5.75 Å². The van der Waals surface area contributed by atoms with Crippen molar-refractivity contribution in [2.75, 3.05) is 6.61 Å². The molecule has 168 valence electrons. The molecule has 0 bridgehead atoms. The number of hydrogen-bond donors (Lipinski definition) is 1. The number of nitrogens with one attached hydrogen (secondary N) is 1. The SMILES string of the molecule is CC(C)NC(=O)[C@@H](C)N(Cc1ccc(Cl)c(Cl)c1)C(=O)COc1cccc2ccccc12. The summed E-state index contributed by atoms with van der Waals surface area (Å²) in [5.41, 5.74) is 0.766. The summed E-state index contributed by atoms with van der Waals surface area (Å²) in [5.74, 6) is 0.0687. The Labute approximate surface area is 198 Å². The van der Waals surface area contributed by atoms with Crippen molar-refractivity contribution in [2.45, 2.75) is 39.4 Å². The van der Waals surface area contributed by atoms with Crippen molar-refractivity contribution in [3.8, 4) is 5.75 Å². The third-order valence-corrected chi connectivity index (χ3v) is 5.77. The largest absolute Gasteiger partial charge is 0.483 e. The molecule has 3 rings (SSSR count). The van der Waals surface area contributed by atoms with E-state index in [4.69, 9.17) is 27.9 Å². The Morgan fingerprint density at radius 1 is 0.969 bits per heavy atom. The van der Waals surface area contributed by atoms with Crippen LogP contribution in [0.4, 0.5) is 0 Å². The second-order valence-corrected chi connectivity index (χ2v) is 8.69. The lowest BCUT2D eigenvalue weighted by Gasteiger charge is -2.29. The molecule has 3 aromatic carbocycles. The lowest BCUT2D eigenvalue weighted by molar-refractivity contribution is -0.142. The van der Waals surface area contributed by atoms with Crippen molar-refractivity contribution >= 4 is 45.8 Å². The maximum atomic E-state index is 13.2. The van der Waals surface area contributed by atoms with Crippen LogP contribution in [0.3, 0.4) is 0 Å². The van der Waals surface area contributed by atoms with E-state index in [1.807, 2.05) is 56.3 Å². The Hall–Kier alpha value is -2.76. The molecule has 5 nitrogen and oxygen atoms in total. The van der Waals surface area contributed by atoms with Gasteiger partial charge in [0.2, 0.25) is 5.91 Å². The van der Waals surface area contributed by atoms with Crippen LogP contribution in [0.25, 0.3) is 10.8 Å². The van der Waals surface area contributed by atoms with E-state index in [0.29, 0.717) is 15.8 Å². The average Bonchev–Trinajstić information content (AvgIpc) is 2.77. The first kappa shape index (κ1) is 23.9. The highest BCUT2D eigenvalue weighted by Gasteiger charge is 2.27. The van der Waals surface area contributed by atoms with Crippen LogP contribution >= 0.6 is 23.2 Å². The number of halogens is 2. The number of nitrogens with zero attached hydrogens (tertiary/aromatic N) is 1. The van der Waals surface area contributed by atoms with E-state index in [1.165, 1.54) is 4.90 Å². The first-order chi connectivity index (χ1) is 15.3. The van der Waals surface area contributed by atoms with Crippen LogP contribution in [0.2, 0.25) is 10.0 Å². The molecule has 0 aliphatic carbocycles. The van der Waals surface area contributed by atoms with Gasteiger partial charge in [0, 0.05) is 18.0 Å². The molecule has 0 aliphatic rings. The van der Waals surface area contributed by atoms with Crippen molar-refractivity contribution in [2.24, 2.45) is 0 Å². The van der Waals surface area contributed by atoms with Crippen LogP contribution in [-0.4, -0.2) is 35.4 Å². The minimum absolute atomic E-state index is 0.0428. The molecule has 0 aliphatic heterocycles. The zero-order valence-electron chi connectivity index (χ0n) is 18.3. The van der Waals surface area contributed by atoms with E-state index < -0.39 is 6.04 Å². The van der Waals surface area contributed by atoms with Gasteiger partial charge in [-0.3, -0.25) is 9.59 Å². The molecule has 0 saturated heterocycles. The number of fused-ring (bicyclic) bond motifs is 1. The summed E-state index contributed by atoms with van der Waals surface area (Å²) in [6.07, 6.45) is 0. The van der Waals surface area contributed by atoms with Gasteiger partial charge in [-0.15, -0.1) is 0 Å². The van der Waals surface area contributed by atoms with Gasteiger partial charge >= 0.3 is 0 Å². The van der Waals surface area contributed by atoms with Gasteiger partial charge in [-0.05, 0) is 49.9 Å². The Kier molecular flexibility index (Phi) is 7.99. The van der Waals surface area contributed by atoms with Gasteiger partial charge in [-0.25, -0.2) is 0 Å². The van der Waals surface area contributed by atoms with Crippen LogP contribution in [0, 0.1) is 0 Å². The van der Waals surface area contributed by atoms with E-state index >= 15 is 0 Å². The summed E-state index contributed by atoms with van der Waals surface area (Å²) in [7, 11) is 0. The summed E-state index contributed by atoms with van der Waals surface area (Å²) in [6.45, 7) is 5.44. The molecule has 0 fully saturated rings. The Morgan fingerprint density at radius 3 is 2.41 bits per heavy atom. The van der Waals surface area contributed by atoms with Gasteiger partial charge < -0.3 is 15.0 Å². The molecular weight excluding hydrogens is 447 g/mol. The smallest absolute Gasteiger partial charge is 0.261 e. The molecule has 32 heavy (non-hydrogen) atoms. The Morgan fingerprint density at radius 2 is 1.69 bits per heavy atom. The summed E-state index contributed by atoms with van der Waals surface area (Å²) >= 11 is 12.2.